The quantitative estimate of drug-likeness (QED) is 0.494. The molecule has 0 atom stereocenters. The summed E-state index contributed by atoms with van der Waals surface area (Å²) in [4.78, 5) is 18.8. The van der Waals surface area contributed by atoms with E-state index in [0.717, 1.165) is 80.4 Å². The number of aliphatic imine (C=N–C) groups is 1. The van der Waals surface area contributed by atoms with Gasteiger partial charge in [0.25, 0.3) is 0 Å². The van der Waals surface area contributed by atoms with Crippen molar-refractivity contribution in [2.75, 3.05) is 44.2 Å². The molecule has 1 N–H and O–H groups in total. The minimum atomic E-state index is 0.725. The van der Waals surface area contributed by atoms with Crippen LogP contribution in [0.2, 0.25) is 0 Å². The maximum Gasteiger partial charge on any atom is 0.205 e. The van der Waals surface area contributed by atoms with Crippen LogP contribution in [0.1, 0.15) is 25.4 Å². The van der Waals surface area contributed by atoms with Crippen LogP contribution in [-0.4, -0.2) is 68.9 Å². The molecule has 29 heavy (non-hydrogen) atoms. The summed E-state index contributed by atoms with van der Waals surface area (Å²) in [6, 6.07) is 6.06. The summed E-state index contributed by atoms with van der Waals surface area (Å²) in [6.07, 6.45) is 5.84. The molecule has 0 radical (unpaired) electrons. The molecule has 1 fully saturated rings. The Morgan fingerprint density at radius 2 is 2.03 bits per heavy atom. The van der Waals surface area contributed by atoms with Crippen molar-refractivity contribution in [2.45, 2.75) is 26.7 Å². The van der Waals surface area contributed by atoms with Gasteiger partial charge in [-0.05, 0) is 19.1 Å². The van der Waals surface area contributed by atoms with Crippen molar-refractivity contribution in [1.82, 2.24) is 29.0 Å². The topological polar surface area (TPSA) is 74.0 Å². The van der Waals surface area contributed by atoms with Crippen molar-refractivity contribution in [2.24, 2.45) is 4.99 Å². The highest BCUT2D eigenvalue weighted by Crippen LogP contribution is 2.19. The fourth-order valence-electron chi connectivity index (χ4n) is 3.44. The number of hydrogen-bond donors (Lipinski definition) is 1. The van der Waals surface area contributed by atoms with Crippen LogP contribution >= 0.6 is 11.5 Å². The Kier molecular flexibility index (Phi) is 6.24. The van der Waals surface area contributed by atoms with Gasteiger partial charge in [0.15, 0.2) is 5.96 Å². The molecule has 9 heteroatoms. The zero-order chi connectivity index (χ0) is 20.1. The van der Waals surface area contributed by atoms with Crippen LogP contribution in [0.4, 0.5) is 5.13 Å². The number of rotatable bonds is 6. The fraction of sp³-hybridized carbons (Fsp3) is 0.500. The molecule has 3 aromatic heterocycles. The fourth-order valence-corrected chi connectivity index (χ4v) is 4.24. The monoisotopic (exact) mass is 412 g/mol. The molecule has 4 rings (SSSR count). The lowest BCUT2D eigenvalue weighted by Gasteiger charge is -2.36. The lowest BCUT2D eigenvalue weighted by atomic mass is 10.3. The first-order chi connectivity index (χ1) is 14.3. The number of aromatic nitrogens is 4. The normalized spacial score (nSPS) is 15.3. The Morgan fingerprint density at radius 1 is 1.17 bits per heavy atom. The van der Waals surface area contributed by atoms with Gasteiger partial charge in [-0.15, -0.1) is 0 Å². The standard InChI is InChI=1S/C20H28N8S/c1-3-17-24-20(29-25-17)27-13-11-26(12-14-27)19(21-4-2)22-9-8-16-15-28-10-6-5-7-18(28)23-16/h5-7,10,15H,3-4,8-9,11-14H2,1-2H3,(H,21,22). The summed E-state index contributed by atoms with van der Waals surface area (Å²) in [6.45, 7) is 9.54. The number of fused-ring (bicyclic) bond motifs is 1. The van der Waals surface area contributed by atoms with Gasteiger partial charge in [-0.2, -0.15) is 4.37 Å². The molecule has 0 aromatic carbocycles. The van der Waals surface area contributed by atoms with E-state index in [-0.39, 0.29) is 0 Å². The number of hydrogen-bond acceptors (Lipinski definition) is 6. The summed E-state index contributed by atoms with van der Waals surface area (Å²) in [5.41, 5.74) is 2.06. The largest absolute Gasteiger partial charge is 0.357 e. The van der Waals surface area contributed by atoms with Gasteiger partial charge >= 0.3 is 0 Å². The van der Waals surface area contributed by atoms with Gasteiger partial charge in [-0.25, -0.2) is 9.97 Å². The Hall–Kier alpha value is -2.68. The summed E-state index contributed by atoms with van der Waals surface area (Å²) >= 11 is 1.51. The second-order valence-corrected chi connectivity index (χ2v) is 7.74. The highest BCUT2D eigenvalue weighted by atomic mass is 32.1. The van der Waals surface area contributed by atoms with Gasteiger partial charge in [0, 0.05) is 76.0 Å². The van der Waals surface area contributed by atoms with Crippen LogP contribution < -0.4 is 10.2 Å². The van der Waals surface area contributed by atoms with E-state index in [1.54, 1.807) is 0 Å². The van der Waals surface area contributed by atoms with Crippen LogP contribution in [0, 0.1) is 0 Å². The van der Waals surface area contributed by atoms with E-state index in [4.69, 9.17) is 4.99 Å². The third-order valence-corrected chi connectivity index (χ3v) is 5.82. The molecule has 0 bridgehead atoms. The summed E-state index contributed by atoms with van der Waals surface area (Å²) in [5, 5.41) is 4.48. The molecule has 1 saturated heterocycles. The van der Waals surface area contributed by atoms with E-state index in [9.17, 15) is 0 Å². The minimum Gasteiger partial charge on any atom is -0.357 e. The molecule has 0 saturated carbocycles. The van der Waals surface area contributed by atoms with Crippen LogP contribution in [0.15, 0.2) is 35.6 Å². The van der Waals surface area contributed by atoms with Crippen LogP contribution in [0.5, 0.6) is 0 Å². The molecule has 1 aliphatic heterocycles. The second kappa shape index (κ2) is 9.21. The zero-order valence-electron chi connectivity index (χ0n) is 17.1. The SMILES string of the molecule is CCNC(=NCCc1cn2ccccc2n1)N1CCN(c2nc(CC)ns2)CC1. The van der Waals surface area contributed by atoms with Crippen molar-refractivity contribution in [3.8, 4) is 0 Å². The van der Waals surface area contributed by atoms with Crippen LogP contribution in [0.3, 0.4) is 0 Å². The first-order valence-electron chi connectivity index (χ1n) is 10.3. The van der Waals surface area contributed by atoms with E-state index < -0.39 is 0 Å². The first-order valence-corrected chi connectivity index (χ1v) is 11.1. The number of nitrogens with zero attached hydrogens (tertiary/aromatic N) is 7. The first kappa shape index (κ1) is 19.6. The molecule has 0 aliphatic carbocycles. The predicted octanol–water partition coefficient (Wildman–Crippen LogP) is 2.08. The van der Waals surface area contributed by atoms with E-state index in [2.05, 4.69) is 53.9 Å². The average molecular weight is 413 g/mol. The number of pyridine rings is 1. The smallest absolute Gasteiger partial charge is 0.205 e. The number of guanidine groups is 1. The molecule has 154 valence electrons. The summed E-state index contributed by atoms with van der Waals surface area (Å²) in [5.74, 6) is 1.93. The van der Waals surface area contributed by atoms with Gasteiger partial charge in [0.1, 0.15) is 11.5 Å². The summed E-state index contributed by atoms with van der Waals surface area (Å²) in [7, 11) is 0. The van der Waals surface area contributed by atoms with Gasteiger partial charge in [-0.1, -0.05) is 13.0 Å². The van der Waals surface area contributed by atoms with Gasteiger partial charge < -0.3 is 19.5 Å². The van der Waals surface area contributed by atoms with Gasteiger partial charge in [-0.3, -0.25) is 4.99 Å². The van der Waals surface area contributed by atoms with Gasteiger partial charge in [0.05, 0.1) is 5.69 Å². The van der Waals surface area contributed by atoms with Crippen molar-refractivity contribution < 1.29 is 0 Å². The van der Waals surface area contributed by atoms with Crippen molar-refractivity contribution in [1.29, 1.82) is 0 Å². The van der Waals surface area contributed by atoms with Crippen molar-refractivity contribution >= 4 is 28.3 Å². The highest BCUT2D eigenvalue weighted by Gasteiger charge is 2.22. The third kappa shape index (κ3) is 4.67. The molecule has 3 aromatic rings. The Morgan fingerprint density at radius 3 is 2.76 bits per heavy atom. The van der Waals surface area contributed by atoms with E-state index in [1.165, 1.54) is 11.5 Å². The molecule has 0 unspecified atom stereocenters. The zero-order valence-corrected chi connectivity index (χ0v) is 17.9. The second-order valence-electron chi connectivity index (χ2n) is 7.00. The summed E-state index contributed by atoms with van der Waals surface area (Å²) < 4.78 is 6.47. The molecule has 4 heterocycles. The number of anilines is 1. The average Bonchev–Trinajstić information content (AvgIpc) is 3.40. The lowest BCUT2D eigenvalue weighted by Crippen LogP contribution is -2.52. The molecular formula is C20H28N8S. The minimum absolute atomic E-state index is 0.725. The van der Waals surface area contributed by atoms with E-state index in [1.807, 2.05) is 24.4 Å². The molecule has 0 spiro atoms. The Labute approximate surface area is 175 Å². The highest BCUT2D eigenvalue weighted by molar-refractivity contribution is 7.09. The number of aryl methyl sites for hydroxylation is 1. The molecule has 8 nitrogen and oxygen atoms in total. The number of nitrogens with one attached hydrogen (secondary N) is 1. The van der Waals surface area contributed by atoms with Crippen molar-refractivity contribution in [3.63, 3.8) is 0 Å². The maximum absolute atomic E-state index is 4.86. The maximum atomic E-state index is 4.86. The van der Waals surface area contributed by atoms with E-state index >= 15 is 0 Å². The third-order valence-electron chi connectivity index (χ3n) is 5.00. The van der Waals surface area contributed by atoms with Crippen LogP contribution in [0.25, 0.3) is 5.65 Å². The lowest BCUT2D eigenvalue weighted by molar-refractivity contribution is 0.372. The Bertz CT molecular complexity index is 921. The van der Waals surface area contributed by atoms with Gasteiger partial charge in [0.2, 0.25) is 5.13 Å². The number of imidazole rings is 1. The molecular weight excluding hydrogens is 384 g/mol. The van der Waals surface area contributed by atoms with Crippen LogP contribution in [-0.2, 0) is 12.8 Å². The predicted molar refractivity (Wildman–Crippen MR) is 118 cm³/mol. The van der Waals surface area contributed by atoms with E-state index in [0.29, 0.717) is 0 Å². The number of piperazine rings is 1. The molecule has 1 aliphatic rings. The van der Waals surface area contributed by atoms with Crippen molar-refractivity contribution in [3.05, 3.63) is 42.1 Å². The molecule has 0 amide bonds. The Balaban J connectivity index is 1.34.